The molecule has 0 aliphatic rings. The average molecular weight is 324 g/mol. The number of aromatic nitrogens is 1. The van der Waals surface area contributed by atoms with Crippen LogP contribution in [0.1, 0.15) is 10.4 Å². The Morgan fingerprint density at radius 3 is 2.38 bits per heavy atom. The van der Waals surface area contributed by atoms with Gasteiger partial charge in [-0.1, -0.05) is 6.07 Å². The average Bonchev–Trinajstić information content (AvgIpc) is 2.57. The van der Waals surface area contributed by atoms with Crippen LogP contribution in [0.2, 0.25) is 0 Å². The normalized spacial score (nSPS) is 10.4. The van der Waals surface area contributed by atoms with Crippen LogP contribution >= 0.6 is 0 Å². The van der Waals surface area contributed by atoms with E-state index in [1.807, 2.05) is 0 Å². The van der Waals surface area contributed by atoms with Gasteiger partial charge in [-0.25, -0.2) is 9.18 Å². The van der Waals surface area contributed by atoms with Crippen molar-refractivity contribution in [2.24, 2.45) is 0 Å². The van der Waals surface area contributed by atoms with E-state index in [2.05, 4.69) is 10.3 Å². The second-order valence-electron chi connectivity index (χ2n) is 5.13. The summed E-state index contributed by atoms with van der Waals surface area (Å²) in [6.45, 7) is 0. The Morgan fingerprint density at radius 1 is 0.958 bits per heavy atom. The number of anilines is 2. The van der Waals surface area contributed by atoms with Gasteiger partial charge in [0.2, 0.25) is 0 Å². The maximum absolute atomic E-state index is 12.9. The fourth-order valence-corrected chi connectivity index (χ4v) is 2.26. The van der Waals surface area contributed by atoms with E-state index in [-0.39, 0.29) is 17.1 Å². The third-order valence-corrected chi connectivity index (χ3v) is 3.43. The highest BCUT2D eigenvalue weighted by atomic mass is 19.1. The number of aromatic hydroxyl groups is 1. The van der Waals surface area contributed by atoms with Crippen molar-refractivity contribution in [2.75, 3.05) is 5.32 Å². The molecule has 0 spiro atoms. The maximum Gasteiger partial charge on any atom is 0.339 e. The molecule has 0 atom stereocenters. The molecule has 5 nitrogen and oxygen atoms in total. The summed E-state index contributed by atoms with van der Waals surface area (Å²) in [7, 11) is 0. The van der Waals surface area contributed by atoms with Crippen molar-refractivity contribution in [2.45, 2.75) is 0 Å². The first-order chi connectivity index (χ1) is 11.5. The zero-order chi connectivity index (χ0) is 17.1. The van der Waals surface area contributed by atoms with E-state index in [9.17, 15) is 14.3 Å². The number of rotatable bonds is 4. The number of carbonyl (C=O) groups is 1. The minimum absolute atomic E-state index is 0.160. The monoisotopic (exact) mass is 324 g/mol. The Morgan fingerprint density at radius 2 is 1.71 bits per heavy atom. The molecule has 3 aromatic rings. The summed E-state index contributed by atoms with van der Waals surface area (Å²) in [5.41, 5.74) is 2.56. The largest absolute Gasteiger partial charge is 0.507 e. The molecular weight excluding hydrogens is 311 g/mol. The zero-order valence-electron chi connectivity index (χ0n) is 12.4. The van der Waals surface area contributed by atoms with Gasteiger partial charge in [0.15, 0.2) is 0 Å². The Bertz CT molecular complexity index is 895. The lowest BCUT2D eigenvalue weighted by Crippen LogP contribution is -1.97. The van der Waals surface area contributed by atoms with Crippen molar-refractivity contribution in [3.63, 3.8) is 0 Å². The molecule has 2 aromatic carbocycles. The molecule has 0 bridgehead atoms. The van der Waals surface area contributed by atoms with Gasteiger partial charge < -0.3 is 15.5 Å². The van der Waals surface area contributed by atoms with Gasteiger partial charge in [0, 0.05) is 17.4 Å². The van der Waals surface area contributed by atoms with Crippen molar-refractivity contribution in [3.8, 4) is 16.9 Å². The molecule has 1 heterocycles. The first-order valence-electron chi connectivity index (χ1n) is 7.07. The molecule has 1 aromatic heterocycles. The van der Waals surface area contributed by atoms with Crippen molar-refractivity contribution < 1.29 is 19.4 Å². The van der Waals surface area contributed by atoms with Crippen molar-refractivity contribution in [1.29, 1.82) is 0 Å². The second kappa shape index (κ2) is 6.37. The van der Waals surface area contributed by atoms with Crippen LogP contribution in [0.25, 0.3) is 11.1 Å². The first-order valence-corrected chi connectivity index (χ1v) is 7.07. The molecule has 0 aliphatic heterocycles. The minimum Gasteiger partial charge on any atom is -0.507 e. The van der Waals surface area contributed by atoms with Gasteiger partial charge >= 0.3 is 5.97 Å². The van der Waals surface area contributed by atoms with E-state index in [1.54, 1.807) is 36.7 Å². The van der Waals surface area contributed by atoms with E-state index in [0.29, 0.717) is 22.5 Å². The van der Waals surface area contributed by atoms with Gasteiger partial charge in [-0.2, -0.15) is 0 Å². The number of phenols is 1. The van der Waals surface area contributed by atoms with Crippen molar-refractivity contribution in [1.82, 2.24) is 4.98 Å². The van der Waals surface area contributed by atoms with E-state index < -0.39 is 5.97 Å². The summed E-state index contributed by atoms with van der Waals surface area (Å²) >= 11 is 0. The number of nitrogens with zero attached hydrogens (tertiary/aromatic N) is 1. The summed E-state index contributed by atoms with van der Waals surface area (Å²) in [6.07, 6.45) is 3.21. The highest BCUT2D eigenvalue weighted by Crippen LogP contribution is 2.28. The van der Waals surface area contributed by atoms with Crippen LogP contribution in [0, 0.1) is 5.82 Å². The Balaban J connectivity index is 1.89. The van der Waals surface area contributed by atoms with E-state index in [1.165, 1.54) is 24.3 Å². The summed E-state index contributed by atoms with van der Waals surface area (Å²) in [5, 5.41) is 21.8. The topological polar surface area (TPSA) is 82.5 Å². The quantitative estimate of drug-likeness (QED) is 0.675. The van der Waals surface area contributed by atoms with Crippen LogP contribution < -0.4 is 5.32 Å². The summed E-state index contributed by atoms with van der Waals surface area (Å²) in [4.78, 5) is 15.1. The number of carboxylic acids is 1. The van der Waals surface area contributed by atoms with Gasteiger partial charge in [0.25, 0.3) is 0 Å². The molecule has 3 rings (SSSR count). The number of benzene rings is 2. The van der Waals surface area contributed by atoms with E-state index in [4.69, 9.17) is 5.11 Å². The Hall–Kier alpha value is -3.41. The number of hydrogen-bond donors (Lipinski definition) is 3. The Kier molecular flexibility index (Phi) is 4.11. The number of pyridine rings is 1. The molecule has 120 valence electrons. The van der Waals surface area contributed by atoms with Crippen molar-refractivity contribution in [3.05, 3.63) is 72.3 Å². The molecule has 0 amide bonds. The first kappa shape index (κ1) is 15.5. The number of nitrogens with one attached hydrogen (secondary N) is 1. The highest BCUT2D eigenvalue weighted by Gasteiger charge is 2.11. The molecule has 3 N–H and O–H groups in total. The zero-order valence-corrected chi connectivity index (χ0v) is 12.4. The number of carboxylic acid groups (broad SMARTS) is 1. The number of halogens is 1. The van der Waals surface area contributed by atoms with Gasteiger partial charge in [-0.15, -0.1) is 0 Å². The van der Waals surface area contributed by atoms with E-state index >= 15 is 0 Å². The second-order valence-corrected chi connectivity index (χ2v) is 5.13. The van der Waals surface area contributed by atoms with Crippen LogP contribution in [0.5, 0.6) is 5.75 Å². The minimum atomic E-state index is -1.19. The molecule has 0 unspecified atom stereocenters. The lowest BCUT2D eigenvalue weighted by atomic mass is 10.0. The molecule has 0 aliphatic carbocycles. The fraction of sp³-hybridized carbons (Fsp3) is 0. The third kappa shape index (κ3) is 3.33. The molecule has 6 heteroatoms. The lowest BCUT2D eigenvalue weighted by Gasteiger charge is -2.09. The molecule has 0 radical (unpaired) electrons. The summed E-state index contributed by atoms with van der Waals surface area (Å²) in [5.74, 6) is -1.82. The fourth-order valence-electron chi connectivity index (χ4n) is 2.26. The molecule has 0 saturated heterocycles. The predicted molar refractivity (Wildman–Crippen MR) is 88.0 cm³/mol. The molecule has 0 fully saturated rings. The summed E-state index contributed by atoms with van der Waals surface area (Å²) in [6, 6.07) is 12.0. The van der Waals surface area contributed by atoms with Gasteiger partial charge in [-0.05, 0) is 48.0 Å². The lowest BCUT2D eigenvalue weighted by molar-refractivity contribution is 0.0694. The van der Waals surface area contributed by atoms with Gasteiger partial charge in [0.1, 0.15) is 17.1 Å². The van der Waals surface area contributed by atoms with E-state index in [0.717, 1.165) is 0 Å². The number of aromatic carboxylic acids is 1. The summed E-state index contributed by atoms with van der Waals surface area (Å²) < 4.78 is 12.9. The Labute approximate surface area is 137 Å². The van der Waals surface area contributed by atoms with Gasteiger partial charge in [0.05, 0.1) is 11.9 Å². The smallest absolute Gasteiger partial charge is 0.339 e. The molecule has 24 heavy (non-hydrogen) atoms. The molecule has 0 saturated carbocycles. The van der Waals surface area contributed by atoms with Crippen LogP contribution in [-0.4, -0.2) is 21.2 Å². The van der Waals surface area contributed by atoms with Crippen LogP contribution in [-0.2, 0) is 0 Å². The van der Waals surface area contributed by atoms with Crippen LogP contribution in [0.3, 0.4) is 0 Å². The van der Waals surface area contributed by atoms with Gasteiger partial charge in [-0.3, -0.25) is 4.98 Å². The highest BCUT2D eigenvalue weighted by molar-refractivity contribution is 5.91. The standard InChI is InChI=1S/C18H13FN2O3/c19-13-2-4-14(5-3-13)21-15-7-12(9-20-10-15)11-1-6-16(18(23)24)17(22)8-11/h1-10,21-22H,(H,23,24). The predicted octanol–water partition coefficient (Wildman–Crippen LogP) is 4.04. The number of hydrogen-bond acceptors (Lipinski definition) is 4. The van der Waals surface area contributed by atoms with Crippen molar-refractivity contribution >= 4 is 17.3 Å². The maximum atomic E-state index is 12.9. The SMILES string of the molecule is O=C(O)c1ccc(-c2cncc(Nc3ccc(F)cc3)c2)cc1O. The van der Waals surface area contributed by atoms with Crippen LogP contribution in [0.15, 0.2) is 60.9 Å². The third-order valence-electron chi connectivity index (χ3n) is 3.43. The van der Waals surface area contributed by atoms with Crippen LogP contribution in [0.4, 0.5) is 15.8 Å². The molecular formula is C18H13FN2O3.